The standard InChI is InChI=1S/C9H9BrF3N/c10-6-1-2-8(14)5(3-6)4-7(11)9(12)13/h1-3,7,9H,4,14H2. The Kier molecular flexibility index (Phi) is 3.80. The molecule has 1 nitrogen and oxygen atoms in total. The molecular weight excluding hydrogens is 259 g/mol. The van der Waals surface area contributed by atoms with Crippen LogP contribution in [0.5, 0.6) is 0 Å². The van der Waals surface area contributed by atoms with Gasteiger partial charge in [0.1, 0.15) is 0 Å². The number of halogens is 4. The van der Waals surface area contributed by atoms with Crippen molar-refractivity contribution in [2.75, 3.05) is 5.73 Å². The van der Waals surface area contributed by atoms with Crippen LogP contribution in [0.15, 0.2) is 22.7 Å². The van der Waals surface area contributed by atoms with Crippen molar-refractivity contribution in [3.8, 4) is 0 Å². The smallest absolute Gasteiger partial charge is 0.269 e. The fourth-order valence-corrected chi connectivity index (χ4v) is 1.46. The van der Waals surface area contributed by atoms with Gasteiger partial charge in [0.25, 0.3) is 6.43 Å². The molecule has 78 valence electrons. The topological polar surface area (TPSA) is 26.0 Å². The molecule has 0 aromatic heterocycles. The van der Waals surface area contributed by atoms with Crippen LogP contribution >= 0.6 is 15.9 Å². The number of hydrogen-bond donors (Lipinski definition) is 1. The summed E-state index contributed by atoms with van der Waals surface area (Å²) in [6, 6.07) is 4.77. The SMILES string of the molecule is Nc1ccc(Br)cc1CC(F)C(F)F. The number of nitrogens with two attached hydrogens (primary N) is 1. The van der Waals surface area contributed by atoms with Crippen LogP contribution in [0.25, 0.3) is 0 Å². The van der Waals surface area contributed by atoms with Gasteiger partial charge in [0.05, 0.1) is 0 Å². The zero-order valence-corrected chi connectivity index (χ0v) is 8.77. The normalized spacial score (nSPS) is 13.2. The van der Waals surface area contributed by atoms with E-state index in [1.54, 1.807) is 18.2 Å². The molecule has 0 radical (unpaired) electrons. The second-order valence-corrected chi connectivity index (χ2v) is 3.81. The number of benzene rings is 1. The van der Waals surface area contributed by atoms with E-state index in [4.69, 9.17) is 5.73 Å². The molecule has 0 spiro atoms. The number of rotatable bonds is 3. The first-order valence-electron chi connectivity index (χ1n) is 3.97. The highest BCUT2D eigenvalue weighted by Gasteiger charge is 2.20. The number of alkyl halides is 3. The van der Waals surface area contributed by atoms with Crippen molar-refractivity contribution in [3.05, 3.63) is 28.2 Å². The van der Waals surface area contributed by atoms with E-state index in [-0.39, 0.29) is 6.42 Å². The molecule has 5 heteroatoms. The van der Waals surface area contributed by atoms with E-state index in [0.29, 0.717) is 15.7 Å². The number of anilines is 1. The Hall–Kier alpha value is -0.710. The van der Waals surface area contributed by atoms with Crippen molar-refractivity contribution in [1.82, 2.24) is 0 Å². The number of nitrogen functional groups attached to an aromatic ring is 1. The van der Waals surface area contributed by atoms with Crippen molar-refractivity contribution < 1.29 is 13.2 Å². The quantitative estimate of drug-likeness (QED) is 0.837. The maximum absolute atomic E-state index is 12.7. The highest BCUT2D eigenvalue weighted by atomic mass is 79.9. The predicted molar refractivity (Wildman–Crippen MR) is 53.2 cm³/mol. The highest BCUT2D eigenvalue weighted by Crippen LogP contribution is 2.22. The summed E-state index contributed by atoms with van der Waals surface area (Å²) in [5.74, 6) is 0. The van der Waals surface area contributed by atoms with Gasteiger partial charge in [-0.05, 0) is 23.8 Å². The molecule has 1 rings (SSSR count). The van der Waals surface area contributed by atoms with Gasteiger partial charge in [-0.1, -0.05) is 15.9 Å². The summed E-state index contributed by atoms with van der Waals surface area (Å²) in [6.07, 6.45) is -5.48. The molecule has 0 aliphatic carbocycles. The van der Waals surface area contributed by atoms with Crippen LogP contribution in [0.2, 0.25) is 0 Å². The summed E-state index contributed by atoms with van der Waals surface area (Å²) in [6.45, 7) is 0. The van der Waals surface area contributed by atoms with Gasteiger partial charge in [0.15, 0.2) is 6.17 Å². The highest BCUT2D eigenvalue weighted by molar-refractivity contribution is 9.10. The average molecular weight is 268 g/mol. The molecule has 2 N–H and O–H groups in total. The summed E-state index contributed by atoms with van der Waals surface area (Å²) in [4.78, 5) is 0. The van der Waals surface area contributed by atoms with Gasteiger partial charge in [-0.15, -0.1) is 0 Å². The molecule has 0 aliphatic rings. The molecule has 14 heavy (non-hydrogen) atoms. The van der Waals surface area contributed by atoms with Crippen LogP contribution in [0.4, 0.5) is 18.9 Å². The third-order valence-electron chi connectivity index (χ3n) is 1.79. The van der Waals surface area contributed by atoms with Gasteiger partial charge in [-0.3, -0.25) is 0 Å². The lowest BCUT2D eigenvalue weighted by molar-refractivity contribution is 0.0504. The van der Waals surface area contributed by atoms with Crippen LogP contribution in [-0.4, -0.2) is 12.6 Å². The largest absolute Gasteiger partial charge is 0.399 e. The van der Waals surface area contributed by atoms with Gasteiger partial charge in [0.2, 0.25) is 0 Å². The lowest BCUT2D eigenvalue weighted by Crippen LogP contribution is -2.15. The third-order valence-corrected chi connectivity index (χ3v) is 2.29. The van der Waals surface area contributed by atoms with E-state index in [1.165, 1.54) is 0 Å². The molecule has 1 unspecified atom stereocenters. The van der Waals surface area contributed by atoms with Crippen LogP contribution in [0, 0.1) is 0 Å². The van der Waals surface area contributed by atoms with E-state index < -0.39 is 12.6 Å². The molecule has 1 aromatic rings. The Morgan fingerprint density at radius 2 is 1.93 bits per heavy atom. The van der Waals surface area contributed by atoms with Crippen LogP contribution in [0.1, 0.15) is 5.56 Å². The summed E-state index contributed by atoms with van der Waals surface area (Å²) in [5.41, 5.74) is 6.23. The summed E-state index contributed by atoms with van der Waals surface area (Å²) in [5, 5.41) is 0. The average Bonchev–Trinajstić information content (AvgIpc) is 2.11. The monoisotopic (exact) mass is 267 g/mol. The molecule has 1 atom stereocenters. The minimum Gasteiger partial charge on any atom is -0.399 e. The van der Waals surface area contributed by atoms with Crippen molar-refractivity contribution in [1.29, 1.82) is 0 Å². The Morgan fingerprint density at radius 3 is 2.50 bits per heavy atom. The molecular formula is C9H9BrF3N. The first-order chi connectivity index (χ1) is 6.50. The van der Waals surface area contributed by atoms with Gasteiger partial charge in [-0.2, -0.15) is 0 Å². The van der Waals surface area contributed by atoms with Crippen LogP contribution < -0.4 is 5.73 Å². The minimum atomic E-state index is -2.96. The molecule has 0 fully saturated rings. The molecule has 0 bridgehead atoms. The third kappa shape index (κ3) is 2.90. The van der Waals surface area contributed by atoms with Gasteiger partial charge >= 0.3 is 0 Å². The van der Waals surface area contributed by atoms with Crippen LogP contribution in [0.3, 0.4) is 0 Å². The van der Waals surface area contributed by atoms with E-state index in [0.717, 1.165) is 0 Å². The fourth-order valence-electron chi connectivity index (χ4n) is 1.05. The molecule has 1 aromatic carbocycles. The van der Waals surface area contributed by atoms with Crippen molar-refractivity contribution >= 4 is 21.6 Å². The van der Waals surface area contributed by atoms with E-state index in [9.17, 15) is 13.2 Å². The second-order valence-electron chi connectivity index (χ2n) is 2.90. The first-order valence-corrected chi connectivity index (χ1v) is 4.76. The molecule has 0 heterocycles. The van der Waals surface area contributed by atoms with Gasteiger partial charge in [0, 0.05) is 16.6 Å². The van der Waals surface area contributed by atoms with Gasteiger partial charge in [-0.25, -0.2) is 13.2 Å². The lowest BCUT2D eigenvalue weighted by Gasteiger charge is -2.09. The minimum absolute atomic E-state index is 0.330. The molecule has 0 saturated heterocycles. The summed E-state index contributed by atoms with van der Waals surface area (Å²) < 4.78 is 37.2. The van der Waals surface area contributed by atoms with E-state index >= 15 is 0 Å². The van der Waals surface area contributed by atoms with E-state index in [2.05, 4.69) is 15.9 Å². The lowest BCUT2D eigenvalue weighted by atomic mass is 10.1. The summed E-state index contributed by atoms with van der Waals surface area (Å²) >= 11 is 3.16. The first kappa shape index (κ1) is 11.4. The van der Waals surface area contributed by atoms with Gasteiger partial charge < -0.3 is 5.73 Å². The van der Waals surface area contributed by atoms with Crippen LogP contribution in [-0.2, 0) is 6.42 Å². The Bertz CT molecular complexity index is 317. The zero-order valence-electron chi connectivity index (χ0n) is 7.18. The maximum Gasteiger partial charge on any atom is 0.269 e. The number of hydrogen-bond acceptors (Lipinski definition) is 1. The van der Waals surface area contributed by atoms with Crippen molar-refractivity contribution in [2.24, 2.45) is 0 Å². The van der Waals surface area contributed by atoms with Crippen molar-refractivity contribution in [2.45, 2.75) is 19.0 Å². The zero-order chi connectivity index (χ0) is 10.7. The fraction of sp³-hybridized carbons (Fsp3) is 0.333. The second kappa shape index (κ2) is 4.68. The Balaban J connectivity index is 2.80. The predicted octanol–water partition coefficient (Wildman–Crippen LogP) is 3.18. The molecule has 0 amide bonds. The molecule has 0 aliphatic heterocycles. The van der Waals surface area contributed by atoms with E-state index in [1.807, 2.05) is 0 Å². The Labute approximate surface area is 88.2 Å². The van der Waals surface area contributed by atoms with Crippen molar-refractivity contribution in [3.63, 3.8) is 0 Å². The summed E-state index contributed by atoms with van der Waals surface area (Å²) in [7, 11) is 0. The Morgan fingerprint density at radius 1 is 1.29 bits per heavy atom. The molecule has 0 saturated carbocycles. The maximum atomic E-state index is 12.7.